The third-order valence-electron chi connectivity index (χ3n) is 4.25. The highest BCUT2D eigenvalue weighted by molar-refractivity contribution is 7.89. The molecule has 1 aliphatic heterocycles. The van der Waals surface area contributed by atoms with Gasteiger partial charge < -0.3 is 10.1 Å². The molecule has 1 unspecified atom stereocenters. The Morgan fingerprint density at radius 1 is 1.28 bits per heavy atom. The summed E-state index contributed by atoms with van der Waals surface area (Å²) in [5.74, 6) is -0.715. The summed E-state index contributed by atoms with van der Waals surface area (Å²) < 4.78 is 30.7. The number of carbonyl (C=O) groups excluding carboxylic acids is 2. The van der Waals surface area contributed by atoms with Gasteiger partial charge in [-0.1, -0.05) is 0 Å². The highest BCUT2D eigenvalue weighted by Crippen LogP contribution is 2.21. The first-order chi connectivity index (χ1) is 11.8. The maximum atomic E-state index is 12.4. The van der Waals surface area contributed by atoms with Crippen LogP contribution >= 0.6 is 0 Å². The van der Waals surface area contributed by atoms with Crippen molar-refractivity contribution in [2.45, 2.75) is 19.8 Å². The van der Waals surface area contributed by atoms with Gasteiger partial charge in [0.2, 0.25) is 15.9 Å². The summed E-state index contributed by atoms with van der Waals surface area (Å²) >= 11 is 0. The van der Waals surface area contributed by atoms with Gasteiger partial charge in [-0.25, -0.2) is 12.7 Å². The largest absolute Gasteiger partial charge is 0.384 e. The zero-order valence-electron chi connectivity index (χ0n) is 14.5. The summed E-state index contributed by atoms with van der Waals surface area (Å²) in [5.41, 5.74) is 1.17. The minimum atomic E-state index is -3.41. The number of carbonyl (C=O) groups is 2. The van der Waals surface area contributed by atoms with E-state index in [0.29, 0.717) is 30.6 Å². The SMILES string of the molecule is COCCS(=O)(=O)N1CCCC(C(=O)Nc2ccc(C(C)=O)cc2)C1. The highest BCUT2D eigenvalue weighted by atomic mass is 32.2. The molecule has 0 spiro atoms. The molecular formula is C17H24N2O5S. The first-order valence-electron chi connectivity index (χ1n) is 8.22. The molecule has 138 valence electrons. The number of Topliss-reactive ketones (excluding diaryl/α,β-unsaturated/α-hetero) is 1. The van der Waals surface area contributed by atoms with Crippen molar-refractivity contribution in [3.63, 3.8) is 0 Å². The van der Waals surface area contributed by atoms with Crippen LogP contribution in [-0.4, -0.2) is 57.0 Å². The van der Waals surface area contributed by atoms with Crippen molar-refractivity contribution in [2.24, 2.45) is 5.92 Å². The van der Waals surface area contributed by atoms with Gasteiger partial charge in [0.1, 0.15) is 0 Å². The Hall–Kier alpha value is -1.77. The van der Waals surface area contributed by atoms with Crippen molar-refractivity contribution in [1.29, 1.82) is 0 Å². The monoisotopic (exact) mass is 368 g/mol. The lowest BCUT2D eigenvalue weighted by Gasteiger charge is -2.31. The Morgan fingerprint density at radius 2 is 1.96 bits per heavy atom. The number of anilines is 1. The van der Waals surface area contributed by atoms with Crippen LogP contribution in [0.1, 0.15) is 30.1 Å². The van der Waals surface area contributed by atoms with Crippen molar-refractivity contribution in [3.8, 4) is 0 Å². The molecule has 1 fully saturated rings. The molecule has 8 heteroatoms. The second-order valence-electron chi connectivity index (χ2n) is 6.13. The van der Waals surface area contributed by atoms with Gasteiger partial charge in [0.25, 0.3) is 0 Å². The average Bonchev–Trinajstić information content (AvgIpc) is 2.60. The molecule has 0 aromatic heterocycles. The fourth-order valence-corrected chi connectivity index (χ4v) is 4.21. The van der Waals surface area contributed by atoms with Gasteiger partial charge >= 0.3 is 0 Å². The lowest BCUT2D eigenvalue weighted by atomic mass is 9.98. The van der Waals surface area contributed by atoms with E-state index >= 15 is 0 Å². The molecule has 2 rings (SSSR count). The lowest BCUT2D eigenvalue weighted by molar-refractivity contribution is -0.120. The van der Waals surface area contributed by atoms with E-state index in [0.717, 1.165) is 0 Å². The number of benzene rings is 1. The summed E-state index contributed by atoms with van der Waals surface area (Å²) in [5, 5.41) is 2.80. The molecule has 1 heterocycles. The van der Waals surface area contributed by atoms with Gasteiger partial charge in [-0.05, 0) is 44.0 Å². The number of rotatable bonds is 7. The molecule has 1 N–H and O–H groups in total. The van der Waals surface area contributed by atoms with Crippen molar-refractivity contribution < 1.29 is 22.7 Å². The first-order valence-corrected chi connectivity index (χ1v) is 9.83. The molecule has 0 saturated carbocycles. The van der Waals surface area contributed by atoms with Crippen molar-refractivity contribution >= 4 is 27.4 Å². The molecule has 1 aromatic rings. The van der Waals surface area contributed by atoms with Gasteiger partial charge in [0.15, 0.2) is 5.78 Å². The number of sulfonamides is 1. The van der Waals surface area contributed by atoms with Crippen LogP contribution in [0.15, 0.2) is 24.3 Å². The Morgan fingerprint density at radius 3 is 2.56 bits per heavy atom. The quantitative estimate of drug-likeness (QED) is 0.737. The summed E-state index contributed by atoms with van der Waals surface area (Å²) in [6.45, 7) is 2.24. The van der Waals surface area contributed by atoms with Crippen LogP contribution < -0.4 is 5.32 Å². The van der Waals surface area contributed by atoms with E-state index in [1.165, 1.54) is 18.3 Å². The number of piperidine rings is 1. The number of methoxy groups -OCH3 is 1. The van der Waals surface area contributed by atoms with Crippen LogP contribution in [0.4, 0.5) is 5.69 Å². The molecule has 1 amide bonds. The normalized spacial score (nSPS) is 18.7. The summed E-state index contributed by atoms with van der Waals surface area (Å²) in [6, 6.07) is 6.65. The predicted octanol–water partition coefficient (Wildman–Crippen LogP) is 1.52. The van der Waals surface area contributed by atoms with Crippen LogP contribution in [0, 0.1) is 5.92 Å². The molecule has 0 aliphatic carbocycles. The van der Waals surface area contributed by atoms with Crippen LogP contribution in [-0.2, 0) is 19.6 Å². The molecule has 1 aliphatic rings. The van der Waals surface area contributed by atoms with Gasteiger partial charge in [-0.15, -0.1) is 0 Å². The van der Waals surface area contributed by atoms with Crippen molar-refractivity contribution in [1.82, 2.24) is 4.31 Å². The zero-order chi connectivity index (χ0) is 18.4. The minimum Gasteiger partial charge on any atom is -0.384 e. The maximum Gasteiger partial charge on any atom is 0.228 e. The number of amides is 1. The van der Waals surface area contributed by atoms with Gasteiger partial charge in [-0.3, -0.25) is 9.59 Å². The van der Waals surface area contributed by atoms with Crippen LogP contribution in [0.2, 0.25) is 0 Å². The molecule has 0 radical (unpaired) electrons. The molecule has 7 nitrogen and oxygen atoms in total. The highest BCUT2D eigenvalue weighted by Gasteiger charge is 2.32. The topological polar surface area (TPSA) is 92.8 Å². The van der Waals surface area contributed by atoms with Crippen molar-refractivity contribution in [2.75, 3.05) is 37.9 Å². The molecule has 0 bridgehead atoms. The zero-order valence-corrected chi connectivity index (χ0v) is 15.3. The lowest BCUT2D eigenvalue weighted by Crippen LogP contribution is -2.45. The molecule has 1 atom stereocenters. The number of ether oxygens (including phenoxy) is 1. The van der Waals surface area contributed by atoms with E-state index in [2.05, 4.69) is 5.32 Å². The van der Waals surface area contributed by atoms with E-state index in [4.69, 9.17) is 4.74 Å². The third kappa shape index (κ3) is 5.35. The Labute approximate surface area is 148 Å². The summed E-state index contributed by atoms with van der Waals surface area (Å²) in [4.78, 5) is 23.7. The number of nitrogens with one attached hydrogen (secondary N) is 1. The second kappa shape index (κ2) is 8.55. The van der Waals surface area contributed by atoms with Gasteiger partial charge in [-0.2, -0.15) is 0 Å². The molecule has 1 saturated heterocycles. The van der Waals surface area contributed by atoms with E-state index in [1.807, 2.05) is 0 Å². The van der Waals surface area contributed by atoms with Crippen LogP contribution in [0.3, 0.4) is 0 Å². The van der Waals surface area contributed by atoms with Gasteiger partial charge in [0.05, 0.1) is 18.3 Å². The molecule has 1 aromatic carbocycles. The molecule has 25 heavy (non-hydrogen) atoms. The van der Waals surface area contributed by atoms with Gasteiger partial charge in [0, 0.05) is 31.5 Å². The van der Waals surface area contributed by atoms with E-state index < -0.39 is 15.9 Å². The van der Waals surface area contributed by atoms with E-state index in [1.54, 1.807) is 24.3 Å². The molecular weight excluding hydrogens is 344 g/mol. The van der Waals surface area contributed by atoms with Crippen LogP contribution in [0.25, 0.3) is 0 Å². The fourth-order valence-electron chi connectivity index (χ4n) is 2.76. The third-order valence-corrected chi connectivity index (χ3v) is 6.05. The first kappa shape index (κ1) is 19.6. The number of hydrogen-bond acceptors (Lipinski definition) is 5. The fraction of sp³-hybridized carbons (Fsp3) is 0.529. The van der Waals surface area contributed by atoms with E-state index in [9.17, 15) is 18.0 Å². The van der Waals surface area contributed by atoms with Crippen LogP contribution in [0.5, 0.6) is 0 Å². The smallest absolute Gasteiger partial charge is 0.228 e. The Bertz CT molecular complexity index is 715. The Kier molecular flexibility index (Phi) is 6.69. The minimum absolute atomic E-state index is 0.0398. The average molecular weight is 368 g/mol. The van der Waals surface area contributed by atoms with Crippen molar-refractivity contribution in [3.05, 3.63) is 29.8 Å². The summed E-state index contributed by atoms with van der Waals surface area (Å²) in [7, 11) is -1.95. The summed E-state index contributed by atoms with van der Waals surface area (Å²) in [6.07, 6.45) is 1.29. The maximum absolute atomic E-state index is 12.4. The Balaban J connectivity index is 1.98. The number of hydrogen-bond donors (Lipinski definition) is 1. The number of nitrogens with zero attached hydrogens (tertiary/aromatic N) is 1. The van der Waals surface area contributed by atoms with E-state index in [-0.39, 0.29) is 30.6 Å². The standard InChI is InChI=1S/C17H24N2O5S/c1-13(20)14-5-7-16(8-6-14)18-17(21)15-4-3-9-19(12-15)25(22,23)11-10-24-2/h5-8,15H,3-4,9-12H2,1-2H3,(H,18,21). The second-order valence-corrected chi connectivity index (χ2v) is 8.22. The number of ketones is 1. The predicted molar refractivity (Wildman–Crippen MR) is 95.0 cm³/mol.